The van der Waals surface area contributed by atoms with Crippen molar-refractivity contribution in [2.24, 2.45) is 0 Å². The van der Waals surface area contributed by atoms with Crippen LogP contribution in [0, 0.1) is 0 Å². The molecule has 1 saturated heterocycles. The van der Waals surface area contributed by atoms with E-state index in [9.17, 15) is 4.79 Å². The van der Waals surface area contributed by atoms with Crippen LogP contribution in [0.1, 0.15) is 10.4 Å². The van der Waals surface area contributed by atoms with Crippen LogP contribution in [-0.4, -0.2) is 49.4 Å². The first-order valence-electron chi connectivity index (χ1n) is 5.36. The van der Waals surface area contributed by atoms with Gasteiger partial charge in [-0.25, -0.2) is 4.98 Å². The van der Waals surface area contributed by atoms with E-state index < -0.39 is 0 Å². The highest BCUT2D eigenvalue weighted by Crippen LogP contribution is 2.16. The number of hydrogen-bond acceptors (Lipinski definition) is 5. The maximum atomic E-state index is 10.6. The maximum absolute atomic E-state index is 10.6. The number of rotatable bonds is 2. The second-order valence-corrected chi connectivity index (χ2v) is 4.05. The summed E-state index contributed by atoms with van der Waals surface area (Å²) in [5.41, 5.74) is 6.14. The molecule has 1 aliphatic rings. The Morgan fingerprint density at radius 1 is 1.31 bits per heavy atom. The molecule has 0 bridgehead atoms. The van der Waals surface area contributed by atoms with Gasteiger partial charge in [0.15, 0.2) is 6.29 Å². The van der Waals surface area contributed by atoms with Crippen LogP contribution in [0.3, 0.4) is 0 Å². The van der Waals surface area contributed by atoms with Gasteiger partial charge in [-0.1, -0.05) is 0 Å². The van der Waals surface area contributed by atoms with Crippen molar-refractivity contribution < 1.29 is 4.79 Å². The normalized spacial score (nSPS) is 17.4. The molecule has 0 spiro atoms. The van der Waals surface area contributed by atoms with Gasteiger partial charge < -0.3 is 15.5 Å². The van der Waals surface area contributed by atoms with Gasteiger partial charge in [-0.3, -0.25) is 4.79 Å². The molecule has 0 aliphatic carbocycles. The molecule has 2 rings (SSSR count). The number of nitrogens with zero attached hydrogens (tertiary/aromatic N) is 3. The number of carbonyl (C=O) groups excluding carboxylic acids is 1. The number of pyridine rings is 1. The summed E-state index contributed by atoms with van der Waals surface area (Å²) in [5, 5.41) is 0. The number of aldehydes is 1. The van der Waals surface area contributed by atoms with Crippen molar-refractivity contribution in [3.8, 4) is 0 Å². The van der Waals surface area contributed by atoms with Crippen molar-refractivity contribution in [2.45, 2.75) is 0 Å². The molecule has 0 unspecified atom stereocenters. The van der Waals surface area contributed by atoms with Crippen LogP contribution in [-0.2, 0) is 0 Å². The van der Waals surface area contributed by atoms with Gasteiger partial charge in [-0.15, -0.1) is 0 Å². The molecule has 1 fully saturated rings. The van der Waals surface area contributed by atoms with Gasteiger partial charge in [0.2, 0.25) is 0 Å². The van der Waals surface area contributed by atoms with Gasteiger partial charge in [0.1, 0.15) is 11.6 Å². The molecule has 0 amide bonds. The zero-order valence-electron chi connectivity index (χ0n) is 9.39. The van der Waals surface area contributed by atoms with E-state index in [4.69, 9.17) is 5.73 Å². The summed E-state index contributed by atoms with van der Waals surface area (Å²) in [7, 11) is 2.11. The zero-order valence-corrected chi connectivity index (χ0v) is 9.39. The first kappa shape index (κ1) is 10.9. The molecule has 5 nitrogen and oxygen atoms in total. The van der Waals surface area contributed by atoms with Crippen molar-refractivity contribution >= 4 is 17.9 Å². The monoisotopic (exact) mass is 220 g/mol. The predicted octanol–water partition coefficient (Wildman–Crippen LogP) is 0.228. The molecule has 1 aromatic heterocycles. The zero-order chi connectivity index (χ0) is 11.5. The van der Waals surface area contributed by atoms with E-state index in [1.165, 1.54) is 0 Å². The molecular formula is C11H16N4O. The van der Waals surface area contributed by atoms with Crippen molar-refractivity contribution in [1.82, 2.24) is 9.88 Å². The highest BCUT2D eigenvalue weighted by molar-refractivity contribution is 5.82. The Balaban J connectivity index is 2.15. The maximum Gasteiger partial charge on any atom is 0.153 e. The van der Waals surface area contributed by atoms with E-state index >= 15 is 0 Å². The van der Waals surface area contributed by atoms with Crippen LogP contribution in [0.25, 0.3) is 0 Å². The van der Waals surface area contributed by atoms with Gasteiger partial charge in [0.05, 0.1) is 5.56 Å². The Hall–Kier alpha value is -1.62. The standard InChI is InChI=1S/C11H16N4O/c1-14-4-6-15(7-5-14)10-3-2-9(8-16)11(12)13-10/h2-3,8H,4-7H2,1H3,(H2,12,13). The highest BCUT2D eigenvalue weighted by Gasteiger charge is 2.15. The minimum Gasteiger partial charge on any atom is -0.383 e. The molecule has 86 valence electrons. The van der Waals surface area contributed by atoms with Gasteiger partial charge in [0, 0.05) is 26.2 Å². The van der Waals surface area contributed by atoms with Crippen LogP contribution in [0.15, 0.2) is 12.1 Å². The second-order valence-electron chi connectivity index (χ2n) is 4.05. The largest absolute Gasteiger partial charge is 0.383 e. The van der Waals surface area contributed by atoms with Gasteiger partial charge in [-0.2, -0.15) is 0 Å². The number of likely N-dealkylation sites (N-methyl/N-ethyl adjacent to an activating group) is 1. The molecule has 0 radical (unpaired) electrons. The molecule has 2 N–H and O–H groups in total. The van der Waals surface area contributed by atoms with Crippen LogP contribution >= 0.6 is 0 Å². The summed E-state index contributed by atoms with van der Waals surface area (Å²) < 4.78 is 0. The van der Waals surface area contributed by atoms with E-state index in [0.717, 1.165) is 38.3 Å². The fourth-order valence-corrected chi connectivity index (χ4v) is 1.79. The van der Waals surface area contributed by atoms with Crippen LogP contribution in [0.4, 0.5) is 11.6 Å². The smallest absolute Gasteiger partial charge is 0.153 e. The van der Waals surface area contributed by atoms with Crippen LogP contribution in [0.5, 0.6) is 0 Å². The average Bonchev–Trinajstić information content (AvgIpc) is 2.30. The minimum atomic E-state index is 0.312. The lowest BCUT2D eigenvalue weighted by Crippen LogP contribution is -2.44. The Morgan fingerprint density at radius 3 is 2.56 bits per heavy atom. The number of nitrogens with two attached hydrogens (primary N) is 1. The number of nitrogen functional groups attached to an aromatic ring is 1. The average molecular weight is 220 g/mol. The third kappa shape index (κ3) is 2.14. The van der Waals surface area contributed by atoms with Crippen molar-refractivity contribution in [2.75, 3.05) is 43.9 Å². The van der Waals surface area contributed by atoms with Gasteiger partial charge in [0.25, 0.3) is 0 Å². The second kappa shape index (κ2) is 4.49. The summed E-state index contributed by atoms with van der Waals surface area (Å²) in [5.74, 6) is 1.17. The first-order chi connectivity index (χ1) is 7.70. The summed E-state index contributed by atoms with van der Waals surface area (Å²) in [6.45, 7) is 3.95. The predicted molar refractivity (Wildman–Crippen MR) is 63.7 cm³/mol. The molecule has 1 aromatic rings. The summed E-state index contributed by atoms with van der Waals surface area (Å²) in [6.07, 6.45) is 0.732. The lowest BCUT2D eigenvalue weighted by atomic mass is 10.2. The number of anilines is 2. The molecule has 16 heavy (non-hydrogen) atoms. The molecule has 5 heteroatoms. The number of carbonyl (C=O) groups is 1. The minimum absolute atomic E-state index is 0.312. The van der Waals surface area contributed by atoms with Gasteiger partial charge in [-0.05, 0) is 19.2 Å². The molecule has 1 aliphatic heterocycles. The third-order valence-corrected chi connectivity index (χ3v) is 2.90. The fourth-order valence-electron chi connectivity index (χ4n) is 1.79. The number of piperazine rings is 1. The van der Waals surface area contributed by atoms with E-state index in [0.29, 0.717) is 11.4 Å². The van der Waals surface area contributed by atoms with Crippen molar-refractivity contribution in [1.29, 1.82) is 0 Å². The molecule has 2 heterocycles. The SMILES string of the molecule is CN1CCN(c2ccc(C=O)c(N)n2)CC1. The lowest BCUT2D eigenvalue weighted by Gasteiger charge is -2.33. The fraction of sp³-hybridized carbons (Fsp3) is 0.455. The topological polar surface area (TPSA) is 62.5 Å². The Bertz CT molecular complexity index is 386. The number of aromatic nitrogens is 1. The van der Waals surface area contributed by atoms with Gasteiger partial charge >= 0.3 is 0 Å². The Morgan fingerprint density at radius 2 is 2.00 bits per heavy atom. The number of hydrogen-bond donors (Lipinski definition) is 1. The first-order valence-corrected chi connectivity index (χ1v) is 5.36. The molecular weight excluding hydrogens is 204 g/mol. The molecule has 0 aromatic carbocycles. The van der Waals surface area contributed by atoms with E-state index in [1.807, 2.05) is 6.07 Å². The summed E-state index contributed by atoms with van der Waals surface area (Å²) >= 11 is 0. The van der Waals surface area contributed by atoms with Crippen LogP contribution < -0.4 is 10.6 Å². The highest BCUT2D eigenvalue weighted by atomic mass is 16.1. The van der Waals surface area contributed by atoms with Crippen molar-refractivity contribution in [3.63, 3.8) is 0 Å². The Labute approximate surface area is 94.9 Å². The molecule has 0 atom stereocenters. The quantitative estimate of drug-likeness (QED) is 0.723. The lowest BCUT2D eigenvalue weighted by molar-refractivity contribution is 0.112. The van der Waals surface area contributed by atoms with Crippen LogP contribution in [0.2, 0.25) is 0 Å². The summed E-state index contributed by atoms with van der Waals surface area (Å²) in [4.78, 5) is 19.3. The van der Waals surface area contributed by atoms with E-state index in [1.54, 1.807) is 6.07 Å². The summed E-state index contributed by atoms with van der Waals surface area (Å²) in [6, 6.07) is 3.58. The van der Waals surface area contributed by atoms with Crippen molar-refractivity contribution in [3.05, 3.63) is 17.7 Å². The third-order valence-electron chi connectivity index (χ3n) is 2.90. The Kier molecular flexibility index (Phi) is 3.05. The molecule has 0 saturated carbocycles. The van der Waals surface area contributed by atoms with E-state index in [2.05, 4.69) is 21.8 Å². The van der Waals surface area contributed by atoms with E-state index in [-0.39, 0.29) is 0 Å².